The van der Waals surface area contributed by atoms with Gasteiger partial charge in [0.2, 0.25) is 0 Å². The Morgan fingerprint density at radius 3 is 2.69 bits per heavy atom. The molecule has 3 nitrogen and oxygen atoms in total. The van der Waals surface area contributed by atoms with Crippen LogP contribution in [0, 0.1) is 11.3 Å². The molecular formula is C12H12BrNO2. The second kappa shape index (κ2) is 4.75. The van der Waals surface area contributed by atoms with Gasteiger partial charge in [-0.15, -0.1) is 0 Å². The van der Waals surface area contributed by atoms with Crippen molar-refractivity contribution in [2.75, 3.05) is 13.2 Å². The van der Waals surface area contributed by atoms with E-state index in [2.05, 4.69) is 28.9 Å². The van der Waals surface area contributed by atoms with Crippen molar-refractivity contribution in [2.45, 2.75) is 19.8 Å². The van der Waals surface area contributed by atoms with Crippen LogP contribution in [0.25, 0.3) is 0 Å². The molecule has 0 spiro atoms. The first kappa shape index (κ1) is 11.3. The van der Waals surface area contributed by atoms with Crippen LogP contribution in [0.1, 0.15) is 18.1 Å². The lowest BCUT2D eigenvalue weighted by Crippen LogP contribution is -2.17. The van der Waals surface area contributed by atoms with Gasteiger partial charge in [0.1, 0.15) is 13.2 Å². The predicted molar refractivity (Wildman–Crippen MR) is 63.8 cm³/mol. The maximum Gasteiger partial charge on any atom is 0.175 e. The molecule has 0 amide bonds. The van der Waals surface area contributed by atoms with Crippen molar-refractivity contribution in [3.63, 3.8) is 0 Å². The van der Waals surface area contributed by atoms with E-state index in [1.54, 1.807) is 0 Å². The number of hydrogen-bond acceptors (Lipinski definition) is 3. The molecule has 1 aromatic carbocycles. The smallest absolute Gasteiger partial charge is 0.175 e. The van der Waals surface area contributed by atoms with E-state index in [9.17, 15) is 0 Å². The number of fused-ring (bicyclic) bond motifs is 1. The molecule has 1 heterocycles. The summed E-state index contributed by atoms with van der Waals surface area (Å²) in [5.74, 6) is 1.57. The van der Waals surface area contributed by atoms with Crippen LogP contribution in [0.4, 0.5) is 0 Å². The van der Waals surface area contributed by atoms with Gasteiger partial charge in [-0.2, -0.15) is 5.26 Å². The summed E-state index contributed by atoms with van der Waals surface area (Å²) in [4.78, 5) is 0. The Balaban J connectivity index is 2.58. The highest BCUT2D eigenvalue weighted by atomic mass is 79.9. The molecule has 0 N–H and O–H groups in total. The van der Waals surface area contributed by atoms with Crippen molar-refractivity contribution in [1.82, 2.24) is 0 Å². The largest absolute Gasteiger partial charge is 0.486 e. The topological polar surface area (TPSA) is 42.2 Å². The third kappa shape index (κ3) is 1.88. The number of rotatable bonds is 2. The van der Waals surface area contributed by atoms with Crippen molar-refractivity contribution in [1.29, 1.82) is 5.26 Å². The molecule has 1 aliphatic rings. The summed E-state index contributed by atoms with van der Waals surface area (Å²) in [5, 5.41) is 8.80. The maximum atomic E-state index is 8.80. The first-order valence-corrected chi connectivity index (χ1v) is 6.04. The third-order valence-corrected chi connectivity index (χ3v) is 3.17. The van der Waals surface area contributed by atoms with Gasteiger partial charge in [0.25, 0.3) is 0 Å². The Morgan fingerprint density at radius 1 is 1.38 bits per heavy atom. The highest BCUT2D eigenvalue weighted by Crippen LogP contribution is 2.42. The Labute approximate surface area is 103 Å². The van der Waals surface area contributed by atoms with Gasteiger partial charge in [-0.3, -0.25) is 0 Å². The third-order valence-electron chi connectivity index (χ3n) is 2.58. The van der Waals surface area contributed by atoms with Crippen LogP contribution in [-0.4, -0.2) is 13.2 Å². The van der Waals surface area contributed by atoms with Crippen LogP contribution in [0.2, 0.25) is 0 Å². The van der Waals surface area contributed by atoms with E-state index >= 15 is 0 Å². The SMILES string of the molecule is CCc1c(CC#N)cc(Br)c2c1OCCO2. The molecule has 2 rings (SSSR count). The number of halogens is 1. The van der Waals surface area contributed by atoms with E-state index in [0.717, 1.165) is 33.5 Å². The minimum Gasteiger partial charge on any atom is -0.486 e. The molecule has 0 atom stereocenters. The molecule has 0 fully saturated rings. The Bertz CT molecular complexity index is 451. The zero-order chi connectivity index (χ0) is 11.5. The lowest BCUT2D eigenvalue weighted by molar-refractivity contribution is 0.168. The number of ether oxygens (including phenoxy) is 2. The summed E-state index contributed by atoms with van der Waals surface area (Å²) in [6.07, 6.45) is 1.24. The van der Waals surface area contributed by atoms with Gasteiger partial charge < -0.3 is 9.47 Å². The summed E-state index contributed by atoms with van der Waals surface area (Å²) in [7, 11) is 0. The standard InChI is InChI=1S/C12H12BrNO2/c1-2-9-8(3-4-14)7-10(13)12-11(9)15-5-6-16-12/h7H,2-3,5-6H2,1H3. The Kier molecular flexibility index (Phi) is 3.35. The number of nitriles is 1. The average Bonchev–Trinajstić information content (AvgIpc) is 2.30. The quantitative estimate of drug-likeness (QED) is 0.837. The molecule has 1 aromatic rings. The van der Waals surface area contributed by atoms with Gasteiger partial charge in [-0.1, -0.05) is 6.92 Å². The maximum absolute atomic E-state index is 8.80. The summed E-state index contributed by atoms with van der Waals surface area (Å²) >= 11 is 3.45. The summed E-state index contributed by atoms with van der Waals surface area (Å²) in [6.45, 7) is 3.21. The van der Waals surface area contributed by atoms with E-state index < -0.39 is 0 Å². The van der Waals surface area contributed by atoms with Crippen LogP contribution >= 0.6 is 15.9 Å². The van der Waals surface area contributed by atoms with E-state index in [-0.39, 0.29) is 0 Å². The molecule has 0 radical (unpaired) electrons. The van der Waals surface area contributed by atoms with E-state index in [1.165, 1.54) is 0 Å². The fraction of sp³-hybridized carbons (Fsp3) is 0.417. The average molecular weight is 282 g/mol. The lowest BCUT2D eigenvalue weighted by atomic mass is 10.0. The first-order chi connectivity index (χ1) is 7.77. The summed E-state index contributed by atoms with van der Waals surface area (Å²) < 4.78 is 12.1. The zero-order valence-corrected chi connectivity index (χ0v) is 10.6. The van der Waals surface area contributed by atoms with Crippen LogP contribution in [0.5, 0.6) is 11.5 Å². The number of nitrogens with zero attached hydrogens (tertiary/aromatic N) is 1. The van der Waals surface area contributed by atoms with Crippen molar-refractivity contribution in [2.24, 2.45) is 0 Å². The van der Waals surface area contributed by atoms with Gasteiger partial charge in [0, 0.05) is 5.56 Å². The second-order valence-corrected chi connectivity index (χ2v) is 4.39. The number of hydrogen-bond donors (Lipinski definition) is 0. The monoisotopic (exact) mass is 281 g/mol. The first-order valence-electron chi connectivity index (χ1n) is 5.24. The molecule has 0 bridgehead atoms. The highest BCUT2D eigenvalue weighted by molar-refractivity contribution is 9.10. The molecule has 0 unspecified atom stereocenters. The molecule has 84 valence electrons. The molecule has 0 aromatic heterocycles. The highest BCUT2D eigenvalue weighted by Gasteiger charge is 2.21. The van der Waals surface area contributed by atoms with Gasteiger partial charge in [-0.25, -0.2) is 0 Å². The summed E-state index contributed by atoms with van der Waals surface area (Å²) in [5.41, 5.74) is 2.10. The molecule has 4 heteroatoms. The van der Waals surface area contributed by atoms with Crippen LogP contribution < -0.4 is 9.47 Å². The molecule has 0 saturated carbocycles. The Morgan fingerprint density at radius 2 is 2.06 bits per heavy atom. The van der Waals surface area contributed by atoms with Crippen LogP contribution in [0.15, 0.2) is 10.5 Å². The van der Waals surface area contributed by atoms with Gasteiger partial charge in [0.05, 0.1) is 17.0 Å². The normalized spacial score (nSPS) is 13.3. The molecule has 0 aliphatic carbocycles. The van der Waals surface area contributed by atoms with Gasteiger partial charge in [-0.05, 0) is 34.0 Å². The molecule has 1 aliphatic heterocycles. The van der Waals surface area contributed by atoms with E-state index in [0.29, 0.717) is 19.6 Å². The molecule has 16 heavy (non-hydrogen) atoms. The Hall–Kier alpha value is -1.21. The van der Waals surface area contributed by atoms with Crippen molar-refractivity contribution in [3.8, 4) is 17.6 Å². The number of benzene rings is 1. The van der Waals surface area contributed by atoms with E-state index in [4.69, 9.17) is 14.7 Å². The van der Waals surface area contributed by atoms with Crippen LogP contribution in [0.3, 0.4) is 0 Å². The fourth-order valence-electron chi connectivity index (χ4n) is 1.90. The minimum atomic E-state index is 0.401. The van der Waals surface area contributed by atoms with Crippen molar-refractivity contribution < 1.29 is 9.47 Å². The van der Waals surface area contributed by atoms with Crippen molar-refractivity contribution >= 4 is 15.9 Å². The molecular weight excluding hydrogens is 270 g/mol. The lowest BCUT2D eigenvalue weighted by Gasteiger charge is -2.23. The van der Waals surface area contributed by atoms with E-state index in [1.807, 2.05) is 6.07 Å². The summed E-state index contributed by atoms with van der Waals surface area (Å²) in [6, 6.07) is 4.13. The van der Waals surface area contributed by atoms with Gasteiger partial charge in [0.15, 0.2) is 11.5 Å². The minimum absolute atomic E-state index is 0.401. The van der Waals surface area contributed by atoms with Crippen LogP contribution in [-0.2, 0) is 12.8 Å². The zero-order valence-electron chi connectivity index (χ0n) is 9.05. The van der Waals surface area contributed by atoms with Gasteiger partial charge >= 0.3 is 0 Å². The fourth-order valence-corrected chi connectivity index (χ4v) is 2.47. The second-order valence-electron chi connectivity index (χ2n) is 3.54. The van der Waals surface area contributed by atoms with Crippen molar-refractivity contribution in [3.05, 3.63) is 21.7 Å². The molecule has 0 saturated heterocycles. The predicted octanol–water partition coefficient (Wildman–Crippen LogP) is 2.85.